The highest BCUT2D eigenvalue weighted by molar-refractivity contribution is 6.02. The maximum atomic E-state index is 10.5. The van der Waals surface area contributed by atoms with E-state index in [4.69, 9.17) is 25.2 Å². The molecule has 0 aliphatic carbocycles. The first-order chi connectivity index (χ1) is 13.8. The number of carboxylic acids is 4. The van der Waals surface area contributed by atoms with Crippen molar-refractivity contribution in [2.24, 2.45) is 0 Å². The highest BCUT2D eigenvalue weighted by Gasteiger charge is 2.14. The van der Waals surface area contributed by atoms with Gasteiger partial charge in [-0.05, 0) is 24.3 Å². The van der Waals surface area contributed by atoms with Crippen molar-refractivity contribution in [1.82, 2.24) is 0 Å². The first-order valence-electron chi connectivity index (χ1n) is 8.09. The van der Waals surface area contributed by atoms with Crippen LogP contribution in [0.1, 0.15) is 41.4 Å². The van der Waals surface area contributed by atoms with Crippen molar-refractivity contribution in [2.75, 3.05) is 13.2 Å². The molecule has 0 radical (unpaired) electrons. The predicted octanol–water partition coefficient (Wildman–Crippen LogP) is 2.74. The van der Waals surface area contributed by atoms with Gasteiger partial charge in [-0.3, -0.25) is 0 Å². The molecule has 0 bridgehead atoms. The first-order valence-corrected chi connectivity index (χ1v) is 8.09. The number of hydrogen-bond acceptors (Lipinski definition) is 5. The smallest absolute Gasteiger partial charge is 0.336 e. The quantitative estimate of drug-likeness (QED) is 0.564. The first kappa shape index (κ1) is 23.1. The van der Waals surface area contributed by atoms with E-state index in [9.17, 15) is 19.2 Å². The summed E-state index contributed by atoms with van der Waals surface area (Å²) in [5.41, 5.74) is -0.759. The second-order valence-electron chi connectivity index (χ2n) is 5.32. The van der Waals surface area contributed by atoms with Gasteiger partial charge in [0.15, 0.2) is 0 Å². The van der Waals surface area contributed by atoms with Crippen molar-refractivity contribution in [3.8, 4) is 0 Å². The molecule has 0 unspecified atom stereocenters. The highest BCUT2D eigenvalue weighted by Crippen LogP contribution is 2.08. The van der Waals surface area contributed by atoms with Gasteiger partial charge in [0, 0.05) is 0 Å². The fourth-order valence-corrected chi connectivity index (χ4v) is 2.05. The van der Waals surface area contributed by atoms with E-state index >= 15 is 0 Å². The van der Waals surface area contributed by atoms with Crippen molar-refractivity contribution in [3.05, 3.63) is 82.9 Å². The molecule has 152 valence electrons. The molecule has 2 aromatic rings. The van der Waals surface area contributed by atoms with E-state index in [1.807, 2.05) is 12.2 Å². The largest absolute Gasteiger partial charge is 0.478 e. The molecule has 1 aliphatic rings. The van der Waals surface area contributed by atoms with Crippen LogP contribution in [0.25, 0.3) is 0 Å². The number of rotatable bonds is 4. The van der Waals surface area contributed by atoms with E-state index in [-0.39, 0.29) is 22.3 Å². The van der Waals surface area contributed by atoms with E-state index in [0.29, 0.717) is 0 Å². The summed E-state index contributed by atoms with van der Waals surface area (Å²) in [7, 11) is 0. The maximum absolute atomic E-state index is 10.5. The molecule has 1 heterocycles. The van der Waals surface area contributed by atoms with Crippen molar-refractivity contribution < 1.29 is 44.3 Å². The van der Waals surface area contributed by atoms with Crippen LogP contribution in [-0.2, 0) is 4.74 Å². The number of carboxylic acid groups (broad SMARTS) is 4. The summed E-state index contributed by atoms with van der Waals surface area (Å²) < 4.78 is 4.83. The zero-order valence-electron chi connectivity index (χ0n) is 15.0. The molecule has 4 N–H and O–H groups in total. The van der Waals surface area contributed by atoms with Gasteiger partial charge in [-0.25, -0.2) is 19.2 Å². The average Bonchev–Trinajstić information content (AvgIpc) is 3.28. The molecular formula is C20H18O9. The van der Waals surface area contributed by atoms with Gasteiger partial charge in [0.05, 0.1) is 35.5 Å². The molecule has 2 aromatic carbocycles. The summed E-state index contributed by atoms with van der Waals surface area (Å²) in [6.45, 7) is 1.64. The van der Waals surface area contributed by atoms with E-state index in [1.165, 1.54) is 48.5 Å². The Kier molecular flexibility index (Phi) is 9.28. The van der Waals surface area contributed by atoms with Crippen LogP contribution in [0.4, 0.5) is 0 Å². The third kappa shape index (κ3) is 7.65. The van der Waals surface area contributed by atoms with Crippen LogP contribution < -0.4 is 0 Å². The molecule has 0 spiro atoms. The molecular weight excluding hydrogens is 384 g/mol. The molecule has 9 nitrogen and oxygen atoms in total. The topological polar surface area (TPSA) is 158 Å². The Labute approximate surface area is 165 Å². The number of carbonyl (C=O) groups is 4. The van der Waals surface area contributed by atoms with Crippen molar-refractivity contribution in [3.63, 3.8) is 0 Å². The van der Waals surface area contributed by atoms with Gasteiger partial charge < -0.3 is 25.2 Å². The third-order valence-electron chi connectivity index (χ3n) is 3.37. The van der Waals surface area contributed by atoms with Crippen LogP contribution in [0.2, 0.25) is 0 Å². The molecule has 0 atom stereocenters. The number of aromatic carboxylic acids is 4. The monoisotopic (exact) mass is 402 g/mol. The maximum Gasteiger partial charge on any atom is 0.336 e. The molecule has 0 amide bonds. The van der Waals surface area contributed by atoms with Crippen LogP contribution >= 0.6 is 0 Å². The minimum absolute atomic E-state index is 0.190. The van der Waals surface area contributed by atoms with E-state index in [1.54, 1.807) is 0 Å². The Bertz CT molecular complexity index is 776. The lowest BCUT2D eigenvalue weighted by Gasteiger charge is -1.98. The summed E-state index contributed by atoms with van der Waals surface area (Å²) in [5, 5.41) is 34.2. The van der Waals surface area contributed by atoms with E-state index in [0.717, 1.165) is 13.2 Å². The van der Waals surface area contributed by atoms with Gasteiger partial charge in [-0.2, -0.15) is 0 Å². The number of benzene rings is 2. The third-order valence-corrected chi connectivity index (χ3v) is 3.37. The predicted molar refractivity (Wildman–Crippen MR) is 101 cm³/mol. The minimum atomic E-state index is -1.23. The van der Waals surface area contributed by atoms with Crippen LogP contribution in [0.3, 0.4) is 0 Å². The Morgan fingerprint density at radius 3 is 0.931 bits per heavy atom. The standard InChI is InChI=1S/2C8H6O4.C4H6O/c2*9-7(10)5-3-1-2-4-6(5)8(11)12;1-2-4-5-3-1/h2*1-4H,(H,9,10)(H,11,12);1-2H,3-4H2. The Balaban J connectivity index is 0.000000235. The summed E-state index contributed by atoms with van der Waals surface area (Å²) in [5.74, 6) is -4.91. The average molecular weight is 402 g/mol. The lowest BCUT2D eigenvalue weighted by molar-refractivity contribution is 0.0651. The Morgan fingerprint density at radius 2 is 0.793 bits per heavy atom. The van der Waals surface area contributed by atoms with E-state index in [2.05, 4.69) is 0 Å². The Hall–Kier alpha value is -3.98. The van der Waals surface area contributed by atoms with E-state index < -0.39 is 23.9 Å². The lowest BCUT2D eigenvalue weighted by atomic mass is 10.1. The second kappa shape index (κ2) is 11.7. The minimum Gasteiger partial charge on any atom is -0.478 e. The molecule has 0 fully saturated rings. The summed E-state index contributed by atoms with van der Waals surface area (Å²) in [6.07, 6.45) is 4.03. The molecule has 0 saturated heterocycles. The molecule has 0 aromatic heterocycles. The lowest BCUT2D eigenvalue weighted by Crippen LogP contribution is -2.06. The fourth-order valence-electron chi connectivity index (χ4n) is 2.05. The van der Waals surface area contributed by atoms with Gasteiger partial charge in [0.25, 0.3) is 0 Å². The number of hydrogen-bond donors (Lipinski definition) is 4. The normalized spacial score (nSPS) is 11.3. The summed E-state index contributed by atoms with van der Waals surface area (Å²) in [4.78, 5) is 41.9. The zero-order chi connectivity index (χ0) is 21.8. The number of ether oxygens (including phenoxy) is 1. The van der Waals surface area contributed by atoms with Crippen LogP contribution in [0, 0.1) is 0 Å². The van der Waals surface area contributed by atoms with Gasteiger partial charge >= 0.3 is 23.9 Å². The molecule has 29 heavy (non-hydrogen) atoms. The molecule has 3 rings (SSSR count). The zero-order valence-corrected chi connectivity index (χ0v) is 15.0. The molecule has 1 aliphatic heterocycles. The Morgan fingerprint density at radius 1 is 0.552 bits per heavy atom. The van der Waals surface area contributed by atoms with Gasteiger partial charge in [0.2, 0.25) is 0 Å². The van der Waals surface area contributed by atoms with Gasteiger partial charge in [-0.1, -0.05) is 36.4 Å². The fraction of sp³-hybridized carbons (Fsp3) is 0.100. The summed E-state index contributed by atoms with van der Waals surface area (Å²) >= 11 is 0. The van der Waals surface area contributed by atoms with Crippen molar-refractivity contribution in [1.29, 1.82) is 0 Å². The SMILES string of the molecule is C1=CCOC1.O=C(O)c1ccccc1C(=O)O.O=C(O)c1ccccc1C(=O)O. The van der Waals surface area contributed by atoms with Gasteiger partial charge in [-0.15, -0.1) is 0 Å². The van der Waals surface area contributed by atoms with Gasteiger partial charge in [0.1, 0.15) is 0 Å². The molecule has 0 saturated carbocycles. The van der Waals surface area contributed by atoms with Crippen molar-refractivity contribution >= 4 is 23.9 Å². The molecule has 9 heteroatoms. The second-order valence-corrected chi connectivity index (χ2v) is 5.32. The van der Waals surface area contributed by atoms with Crippen LogP contribution in [-0.4, -0.2) is 57.5 Å². The van der Waals surface area contributed by atoms with Crippen LogP contribution in [0.5, 0.6) is 0 Å². The van der Waals surface area contributed by atoms with Crippen molar-refractivity contribution in [2.45, 2.75) is 0 Å². The highest BCUT2D eigenvalue weighted by atomic mass is 16.5. The van der Waals surface area contributed by atoms with Crippen LogP contribution in [0.15, 0.2) is 60.7 Å². The summed E-state index contributed by atoms with van der Waals surface area (Å²) in [6, 6.07) is 11.0.